The van der Waals surface area contributed by atoms with Crippen molar-refractivity contribution in [1.29, 1.82) is 0 Å². The maximum atomic E-state index is 4.88. The molecule has 2 nitrogen and oxygen atoms in total. The molecule has 0 saturated carbocycles. The van der Waals surface area contributed by atoms with E-state index in [0.29, 0.717) is 15.2 Å². The summed E-state index contributed by atoms with van der Waals surface area (Å²) in [5.74, 6) is 0.731. The van der Waals surface area contributed by atoms with Gasteiger partial charge in [0, 0.05) is 25.4 Å². The van der Waals surface area contributed by atoms with Gasteiger partial charge in [-0.25, -0.2) is 0 Å². The minimum absolute atomic E-state index is 0. The van der Waals surface area contributed by atoms with Crippen LogP contribution in [0.4, 0.5) is 0 Å². The molecule has 0 aromatic rings. The Balaban J connectivity index is -0.000000720. The Labute approximate surface area is 163 Å². The molecular weight excluding hydrogens is 306 g/mol. The maximum Gasteiger partial charge on any atom is 1.00 e. The first-order chi connectivity index (χ1) is 6.07. The molecule has 0 aliphatic heterocycles. The molecule has 0 bridgehead atoms. The van der Waals surface area contributed by atoms with Crippen molar-refractivity contribution in [3.63, 3.8) is 0 Å². The van der Waals surface area contributed by atoms with Gasteiger partial charge in [0.2, 0.25) is 0 Å². The summed E-state index contributed by atoms with van der Waals surface area (Å²) in [6.45, 7) is 2.16. The van der Waals surface area contributed by atoms with E-state index in [2.05, 4.69) is 42.8 Å². The largest absolute Gasteiger partial charge is 1.00 e. The van der Waals surface area contributed by atoms with Gasteiger partial charge in [-0.3, -0.25) is 0 Å². The number of hydrogen-bond acceptors (Lipinski definition) is 5. The molecule has 0 aromatic heterocycles. The Morgan fingerprint density at radius 3 is 2.07 bits per heavy atom. The molecule has 0 saturated heterocycles. The number of thiocarbonyl (C=S) groups is 2. The van der Waals surface area contributed by atoms with E-state index in [1.54, 1.807) is 0 Å². The second-order valence-electron chi connectivity index (χ2n) is 2.19. The quantitative estimate of drug-likeness (QED) is 0.226. The molecule has 0 heterocycles. The summed E-state index contributed by atoms with van der Waals surface area (Å²) >= 11 is 23.2. The van der Waals surface area contributed by atoms with Crippen LogP contribution in [0, 0.1) is 0 Å². The topological polar surface area (TPSA) is 15.3 Å². The van der Waals surface area contributed by atoms with Gasteiger partial charge in [0.05, 0.1) is 0 Å². The van der Waals surface area contributed by atoms with Crippen LogP contribution >= 0.6 is 37.1 Å². The summed E-state index contributed by atoms with van der Waals surface area (Å²) in [4.78, 5) is 1.89. The van der Waals surface area contributed by atoms with Gasteiger partial charge in [0.25, 0.3) is 0 Å². The molecule has 0 unspecified atom stereocenters. The molecule has 0 aliphatic rings. The monoisotopic (exact) mass is 316 g/mol. The van der Waals surface area contributed by atoms with Gasteiger partial charge >= 0.3 is 59.1 Å². The minimum atomic E-state index is 0. The number of hydrogen-bond donors (Lipinski definition) is 2. The molecule has 0 amide bonds. The number of nitrogens with zero attached hydrogens (tertiary/aromatic N) is 1. The molecule has 0 atom stereocenters. The van der Waals surface area contributed by atoms with Crippen LogP contribution in [-0.4, -0.2) is 38.9 Å². The molecule has 76 valence electrons. The third-order valence-corrected chi connectivity index (χ3v) is 2.28. The Kier molecular flexibility index (Phi) is 22.2. The van der Waals surface area contributed by atoms with Crippen molar-refractivity contribution in [2.24, 2.45) is 0 Å². The molecule has 0 spiro atoms. The van der Waals surface area contributed by atoms with Crippen molar-refractivity contribution >= 4 is 71.0 Å². The Hall–Kier alpha value is 2.57. The van der Waals surface area contributed by atoms with Gasteiger partial charge < -0.3 is 59.9 Å². The zero-order valence-electron chi connectivity index (χ0n) is 8.86. The van der Waals surface area contributed by atoms with E-state index in [1.807, 2.05) is 4.90 Å². The first-order valence-electron chi connectivity index (χ1n) is 3.59. The van der Waals surface area contributed by atoms with E-state index in [4.69, 9.17) is 24.8 Å². The smallest absolute Gasteiger partial charge is 0.412 e. The normalized spacial score (nSPS) is 8.07. The third-order valence-electron chi connectivity index (χ3n) is 1.28. The van der Waals surface area contributed by atoms with Crippen molar-refractivity contribution in [2.45, 2.75) is 0 Å². The Bertz CT molecular complexity index is 192. The van der Waals surface area contributed by atoms with Gasteiger partial charge in [0.15, 0.2) is 0 Å². The molecule has 0 aromatic carbocycles. The molecule has 0 aliphatic carbocycles. The Morgan fingerprint density at radius 1 is 1.20 bits per heavy atom. The van der Waals surface area contributed by atoms with Crippen LogP contribution in [0.25, 0.3) is 0 Å². The second-order valence-corrected chi connectivity index (χ2v) is 4.74. The van der Waals surface area contributed by atoms with E-state index < -0.39 is 0 Å². The molecule has 0 radical (unpaired) electrons. The summed E-state index contributed by atoms with van der Waals surface area (Å²) in [5, 5.41) is 2.86. The van der Waals surface area contributed by atoms with Crippen molar-refractivity contribution in [2.75, 3.05) is 25.4 Å². The predicted molar refractivity (Wildman–Crippen MR) is 73.4 cm³/mol. The summed E-state index contributed by atoms with van der Waals surface area (Å²) < 4.78 is 0.840. The predicted octanol–water partition coefficient (Wildman–Crippen LogP) is -5.52. The standard InChI is InChI=1S/C6H12N2S5.2Na/c9-4-3-8(6(12)13)2-1-7-5(10)11;;/h9H,1-4H2,(H,12,13)(H2,7,10,11);;/q;2*+1/p-2. The summed E-state index contributed by atoms with van der Waals surface area (Å²) in [5.41, 5.74) is 0. The van der Waals surface area contributed by atoms with Crippen LogP contribution in [0.15, 0.2) is 0 Å². The molecule has 0 fully saturated rings. The summed E-state index contributed by atoms with van der Waals surface area (Å²) in [6, 6.07) is 0. The fourth-order valence-corrected chi connectivity index (χ4v) is 1.52. The van der Waals surface area contributed by atoms with Gasteiger partial charge in [-0.1, -0.05) is 8.64 Å². The molecular formula is C6H10N2Na2S5. The van der Waals surface area contributed by atoms with Crippen molar-refractivity contribution < 1.29 is 59.1 Å². The van der Waals surface area contributed by atoms with Crippen molar-refractivity contribution in [3.8, 4) is 0 Å². The maximum absolute atomic E-state index is 4.88. The second kappa shape index (κ2) is 14.6. The van der Waals surface area contributed by atoms with Crippen LogP contribution < -0.4 is 64.4 Å². The van der Waals surface area contributed by atoms with Crippen LogP contribution in [0.1, 0.15) is 0 Å². The first-order valence-corrected chi connectivity index (χ1v) is 5.86. The summed E-state index contributed by atoms with van der Waals surface area (Å²) in [7, 11) is 0. The Morgan fingerprint density at radius 2 is 1.73 bits per heavy atom. The third kappa shape index (κ3) is 14.5. The SMILES string of the molecule is S=C([S-])NCCN(CCS)C(=S)[S-].[Na+].[Na+]. The fraction of sp³-hybridized carbons (Fsp3) is 0.667. The molecule has 9 heteroatoms. The van der Waals surface area contributed by atoms with E-state index in [0.717, 1.165) is 18.8 Å². The molecule has 1 N–H and O–H groups in total. The molecule has 15 heavy (non-hydrogen) atoms. The average molecular weight is 316 g/mol. The first kappa shape index (κ1) is 22.7. The minimum Gasteiger partial charge on any atom is -0.412 e. The van der Waals surface area contributed by atoms with E-state index in [-0.39, 0.29) is 59.1 Å². The molecule has 0 rings (SSSR count). The van der Waals surface area contributed by atoms with Crippen LogP contribution in [0.5, 0.6) is 0 Å². The van der Waals surface area contributed by atoms with Gasteiger partial charge in [0.1, 0.15) is 0 Å². The van der Waals surface area contributed by atoms with Crippen molar-refractivity contribution in [1.82, 2.24) is 10.2 Å². The summed E-state index contributed by atoms with van der Waals surface area (Å²) in [6.07, 6.45) is 0. The van der Waals surface area contributed by atoms with E-state index in [1.165, 1.54) is 0 Å². The van der Waals surface area contributed by atoms with E-state index in [9.17, 15) is 0 Å². The van der Waals surface area contributed by atoms with Gasteiger partial charge in [-0.2, -0.15) is 12.6 Å². The zero-order chi connectivity index (χ0) is 10.3. The number of rotatable bonds is 5. The number of thiol groups is 1. The number of nitrogens with one attached hydrogen (secondary N) is 1. The fourth-order valence-electron chi connectivity index (χ4n) is 0.708. The van der Waals surface area contributed by atoms with Crippen molar-refractivity contribution in [3.05, 3.63) is 0 Å². The average Bonchev–Trinajstić information content (AvgIpc) is 2.02. The zero-order valence-corrected chi connectivity index (χ0v) is 17.0. The van der Waals surface area contributed by atoms with Crippen LogP contribution in [0.2, 0.25) is 0 Å². The van der Waals surface area contributed by atoms with Gasteiger partial charge in [-0.15, -0.1) is 0 Å². The van der Waals surface area contributed by atoms with Crippen LogP contribution in [-0.2, 0) is 25.3 Å². The van der Waals surface area contributed by atoms with Gasteiger partial charge in [-0.05, 0) is 0 Å². The van der Waals surface area contributed by atoms with E-state index >= 15 is 0 Å². The van der Waals surface area contributed by atoms with Crippen LogP contribution in [0.3, 0.4) is 0 Å².